The normalized spacial score (nSPS) is 12.0. The minimum Gasteiger partial charge on any atom is -0.426 e. The third-order valence-corrected chi connectivity index (χ3v) is 3.87. The first kappa shape index (κ1) is 19.1. The van der Waals surface area contributed by atoms with Gasteiger partial charge in [0, 0.05) is 6.42 Å². The first-order valence-electron chi connectivity index (χ1n) is 8.36. The molecule has 8 nitrogen and oxygen atoms in total. The number of rotatable bonds is 10. The largest absolute Gasteiger partial charge is 0.475 e. The number of amides is 1. The van der Waals surface area contributed by atoms with Gasteiger partial charge in [0.15, 0.2) is 0 Å². The van der Waals surface area contributed by atoms with E-state index in [1.165, 1.54) is 11.0 Å². The van der Waals surface area contributed by atoms with Crippen LogP contribution in [0, 0.1) is 0 Å². The number of nitrogens with two attached hydrogens (primary N) is 1. The molecule has 1 amide bonds. The Labute approximate surface area is 147 Å². The van der Waals surface area contributed by atoms with Gasteiger partial charge in [0.25, 0.3) is 0 Å². The number of nitrogens with one attached hydrogen (secondary N) is 1. The Morgan fingerprint density at radius 2 is 2.04 bits per heavy atom. The highest BCUT2D eigenvalue weighted by Crippen LogP contribution is 2.07. The van der Waals surface area contributed by atoms with E-state index in [0.717, 1.165) is 12.0 Å². The number of carbonyl (C=O) groups excluding carboxylic acids is 1. The molecule has 134 valence electrons. The molecule has 0 unspecified atom stereocenters. The van der Waals surface area contributed by atoms with E-state index in [4.69, 9.17) is 5.73 Å². The second-order valence-electron chi connectivity index (χ2n) is 5.87. The Morgan fingerprint density at radius 3 is 2.72 bits per heavy atom. The van der Waals surface area contributed by atoms with E-state index in [9.17, 15) is 14.8 Å². The highest BCUT2D eigenvalue weighted by atomic mass is 16.4. The first-order valence-corrected chi connectivity index (χ1v) is 8.36. The number of hydrogen-bond donors (Lipinski definition) is 4. The second kappa shape index (κ2) is 9.92. The summed E-state index contributed by atoms with van der Waals surface area (Å²) in [4.78, 5) is 16.4. The van der Waals surface area contributed by atoms with E-state index in [1.807, 2.05) is 30.3 Å². The zero-order valence-corrected chi connectivity index (χ0v) is 14.1. The van der Waals surface area contributed by atoms with Crippen LogP contribution >= 0.6 is 0 Å². The number of unbranched alkanes of at least 4 members (excludes halogenated alkanes) is 1. The monoisotopic (exact) mass is 345 g/mol. The van der Waals surface area contributed by atoms with Crippen molar-refractivity contribution < 1.29 is 14.8 Å². The van der Waals surface area contributed by atoms with Gasteiger partial charge in [-0.3, -0.25) is 4.79 Å². The van der Waals surface area contributed by atoms with Crippen molar-refractivity contribution in [3.05, 3.63) is 48.0 Å². The minimum absolute atomic E-state index is 0.0255. The average molecular weight is 345 g/mol. The summed E-state index contributed by atoms with van der Waals surface area (Å²) in [6.07, 6.45) is 3.90. The molecule has 0 bridgehead atoms. The van der Waals surface area contributed by atoms with Gasteiger partial charge in [-0.2, -0.15) is 5.10 Å². The Balaban J connectivity index is 1.92. The molecule has 25 heavy (non-hydrogen) atoms. The Hall–Kier alpha value is -2.23. The van der Waals surface area contributed by atoms with Gasteiger partial charge in [0.1, 0.15) is 18.7 Å². The third-order valence-electron chi connectivity index (χ3n) is 3.87. The average Bonchev–Trinajstić information content (AvgIpc) is 3.01. The maximum atomic E-state index is 12.2. The van der Waals surface area contributed by atoms with Crippen molar-refractivity contribution in [2.45, 2.75) is 38.2 Å². The smallest absolute Gasteiger partial charge is 0.426 e. The van der Waals surface area contributed by atoms with E-state index in [2.05, 4.69) is 15.4 Å². The molecular formula is C16H24BN5O3. The second-order valence-corrected chi connectivity index (χ2v) is 5.87. The number of carbonyl (C=O) groups is 1. The number of nitrogens with zero attached hydrogens (tertiary/aromatic N) is 3. The minimum atomic E-state index is -1.61. The fourth-order valence-corrected chi connectivity index (χ4v) is 2.53. The Bertz CT molecular complexity index is 650. The summed E-state index contributed by atoms with van der Waals surface area (Å²) in [7, 11) is -1.61. The van der Waals surface area contributed by atoms with Crippen molar-refractivity contribution in [1.82, 2.24) is 20.1 Å². The van der Waals surface area contributed by atoms with Crippen molar-refractivity contribution in [1.29, 1.82) is 0 Å². The summed E-state index contributed by atoms with van der Waals surface area (Å²) < 4.78 is 1.52. The molecular weight excluding hydrogens is 321 g/mol. The molecule has 0 saturated carbocycles. The van der Waals surface area contributed by atoms with Crippen LogP contribution in [0.4, 0.5) is 0 Å². The molecule has 1 aromatic carbocycles. The van der Waals surface area contributed by atoms with E-state index in [1.54, 1.807) is 0 Å². The van der Waals surface area contributed by atoms with Crippen molar-refractivity contribution in [2.75, 3.05) is 6.54 Å². The van der Waals surface area contributed by atoms with Gasteiger partial charge in [0.2, 0.25) is 5.91 Å². The number of hydrogen-bond acceptors (Lipinski definition) is 6. The standard InChI is InChI=1S/C16H24BN5O3/c18-9-5-4-8-14(17(24)25)21-16(23)11-22-15(19-12-20-22)10-13-6-2-1-3-7-13/h1-3,6-7,12,14,24-25H,4-5,8-11,18H2,(H,21,23)/t14-/m0/s1. The molecule has 0 spiro atoms. The Morgan fingerprint density at radius 1 is 1.28 bits per heavy atom. The summed E-state index contributed by atoms with van der Waals surface area (Å²) in [6.45, 7) is 0.506. The molecule has 0 radical (unpaired) electrons. The predicted molar refractivity (Wildman–Crippen MR) is 94.3 cm³/mol. The lowest BCUT2D eigenvalue weighted by Gasteiger charge is -2.17. The van der Waals surface area contributed by atoms with E-state index >= 15 is 0 Å². The zero-order chi connectivity index (χ0) is 18.1. The van der Waals surface area contributed by atoms with E-state index in [-0.39, 0.29) is 12.5 Å². The van der Waals surface area contributed by atoms with Crippen LogP contribution in [0.15, 0.2) is 36.7 Å². The van der Waals surface area contributed by atoms with E-state index in [0.29, 0.717) is 31.6 Å². The van der Waals surface area contributed by atoms with Crippen LogP contribution in [0.5, 0.6) is 0 Å². The van der Waals surface area contributed by atoms with Crippen molar-refractivity contribution >= 4 is 13.0 Å². The fraction of sp³-hybridized carbons (Fsp3) is 0.438. The Kier molecular flexibility index (Phi) is 7.58. The van der Waals surface area contributed by atoms with Crippen molar-refractivity contribution in [3.8, 4) is 0 Å². The molecule has 5 N–H and O–H groups in total. The highest BCUT2D eigenvalue weighted by molar-refractivity contribution is 6.43. The fourth-order valence-electron chi connectivity index (χ4n) is 2.53. The lowest BCUT2D eigenvalue weighted by Crippen LogP contribution is -2.47. The van der Waals surface area contributed by atoms with Gasteiger partial charge in [0.05, 0.1) is 5.94 Å². The quantitative estimate of drug-likeness (QED) is 0.340. The molecule has 9 heteroatoms. The molecule has 0 aliphatic heterocycles. The molecule has 1 atom stereocenters. The number of aromatic nitrogens is 3. The van der Waals surface area contributed by atoms with Crippen LogP contribution in [0.3, 0.4) is 0 Å². The molecule has 0 saturated heterocycles. The van der Waals surface area contributed by atoms with Crippen LogP contribution in [0.2, 0.25) is 0 Å². The van der Waals surface area contributed by atoms with Gasteiger partial charge in [-0.15, -0.1) is 0 Å². The highest BCUT2D eigenvalue weighted by Gasteiger charge is 2.25. The maximum Gasteiger partial charge on any atom is 0.475 e. The van der Waals surface area contributed by atoms with Crippen LogP contribution in [0.25, 0.3) is 0 Å². The predicted octanol–water partition coefficient (Wildman–Crippen LogP) is -0.505. The SMILES string of the molecule is NCCCC[C@H](NC(=O)Cn1ncnc1Cc1ccccc1)B(O)O. The first-order chi connectivity index (χ1) is 12.1. The van der Waals surface area contributed by atoms with Gasteiger partial charge >= 0.3 is 7.12 Å². The molecule has 1 aromatic heterocycles. The molecule has 1 heterocycles. The molecule has 2 rings (SSSR count). The third kappa shape index (κ3) is 6.30. The van der Waals surface area contributed by atoms with E-state index < -0.39 is 13.1 Å². The molecule has 2 aromatic rings. The maximum absolute atomic E-state index is 12.2. The van der Waals surface area contributed by atoms with Gasteiger partial charge in [-0.25, -0.2) is 9.67 Å². The number of benzene rings is 1. The van der Waals surface area contributed by atoms with Crippen molar-refractivity contribution in [2.24, 2.45) is 5.73 Å². The van der Waals surface area contributed by atoms with Gasteiger partial charge in [-0.05, 0) is 24.9 Å². The molecule has 0 aliphatic rings. The molecule has 0 fully saturated rings. The molecule has 0 aliphatic carbocycles. The lowest BCUT2D eigenvalue weighted by atomic mass is 9.76. The zero-order valence-electron chi connectivity index (χ0n) is 14.1. The van der Waals surface area contributed by atoms with Crippen LogP contribution in [-0.4, -0.2) is 50.3 Å². The van der Waals surface area contributed by atoms with Gasteiger partial charge < -0.3 is 21.1 Å². The summed E-state index contributed by atoms with van der Waals surface area (Å²) >= 11 is 0. The summed E-state index contributed by atoms with van der Waals surface area (Å²) in [6, 6.07) is 9.78. The summed E-state index contributed by atoms with van der Waals surface area (Å²) in [5, 5.41) is 25.5. The van der Waals surface area contributed by atoms with Crippen molar-refractivity contribution in [3.63, 3.8) is 0 Å². The summed E-state index contributed by atoms with van der Waals surface area (Å²) in [5.41, 5.74) is 6.50. The van der Waals surface area contributed by atoms with Crippen LogP contribution in [0.1, 0.15) is 30.7 Å². The van der Waals surface area contributed by atoms with Gasteiger partial charge in [-0.1, -0.05) is 36.8 Å². The topological polar surface area (TPSA) is 126 Å². The van der Waals surface area contributed by atoms with Crippen LogP contribution in [-0.2, 0) is 17.8 Å². The van der Waals surface area contributed by atoms with Crippen LogP contribution < -0.4 is 11.1 Å². The lowest BCUT2D eigenvalue weighted by molar-refractivity contribution is -0.122. The summed E-state index contributed by atoms with van der Waals surface area (Å²) in [5.74, 6) is -0.392.